The maximum atomic E-state index is 13.0. The maximum absolute atomic E-state index is 13.0. The van der Waals surface area contributed by atoms with Gasteiger partial charge in [-0.15, -0.1) is 0 Å². The highest BCUT2D eigenvalue weighted by molar-refractivity contribution is 5.71. The van der Waals surface area contributed by atoms with Gasteiger partial charge in [0.1, 0.15) is 13.2 Å². The highest BCUT2D eigenvalue weighted by Gasteiger charge is 2.25. The van der Waals surface area contributed by atoms with E-state index in [0.717, 1.165) is 89.9 Å². The number of hydrogen-bond donors (Lipinski definition) is 1. The average molecular weight is 1470 g/mol. The predicted octanol–water partition coefficient (Wildman–Crippen LogP) is 29.8. The second-order valence-corrected chi connectivity index (χ2v) is 31.9. The minimum Gasteiger partial charge on any atom is -0.477 e. The number of carboxylic acid groups (broad SMARTS) is 1. The molecule has 0 aromatic carbocycles. The van der Waals surface area contributed by atoms with Gasteiger partial charge < -0.3 is 28.5 Å². The average Bonchev–Trinajstić information content (AvgIpc) is 1.18. The number of aliphatic carboxylic acids is 1. The molecule has 0 aliphatic carbocycles. The number of unbranched alkanes of at least 4 members (excludes halogenated alkanes) is 54. The molecular formula is C96H174NO8+. The molecule has 0 fully saturated rings. The summed E-state index contributed by atoms with van der Waals surface area (Å²) in [7, 11) is 6.00. The molecule has 0 heterocycles. The molecule has 0 radical (unpaired) electrons. The first-order valence-corrected chi connectivity index (χ1v) is 45.4. The molecule has 2 atom stereocenters. The van der Waals surface area contributed by atoms with Gasteiger partial charge in [0, 0.05) is 12.8 Å². The van der Waals surface area contributed by atoms with E-state index in [1.807, 2.05) is 21.1 Å². The van der Waals surface area contributed by atoms with E-state index in [-0.39, 0.29) is 38.2 Å². The molecule has 0 spiro atoms. The number of esters is 2. The second-order valence-electron chi connectivity index (χ2n) is 31.9. The van der Waals surface area contributed by atoms with Gasteiger partial charge >= 0.3 is 17.9 Å². The molecule has 0 saturated heterocycles. The van der Waals surface area contributed by atoms with E-state index < -0.39 is 18.4 Å². The highest BCUT2D eigenvalue weighted by atomic mass is 16.7. The van der Waals surface area contributed by atoms with E-state index in [4.69, 9.17) is 18.9 Å². The Labute approximate surface area is 652 Å². The van der Waals surface area contributed by atoms with Crippen LogP contribution in [-0.2, 0) is 33.3 Å². The van der Waals surface area contributed by atoms with E-state index in [1.54, 1.807) is 0 Å². The molecular weight excluding hydrogens is 1300 g/mol. The Hall–Kier alpha value is -3.79. The van der Waals surface area contributed by atoms with Crippen LogP contribution in [0.2, 0.25) is 0 Å². The van der Waals surface area contributed by atoms with Crippen LogP contribution in [0, 0.1) is 0 Å². The van der Waals surface area contributed by atoms with E-state index >= 15 is 0 Å². The molecule has 105 heavy (non-hydrogen) atoms. The minimum atomic E-state index is -1.51. The Morgan fingerprint density at radius 3 is 0.762 bits per heavy atom. The van der Waals surface area contributed by atoms with Crippen LogP contribution in [-0.4, -0.2) is 87.4 Å². The number of hydrogen-bond acceptors (Lipinski definition) is 7. The van der Waals surface area contributed by atoms with Crippen molar-refractivity contribution in [1.29, 1.82) is 0 Å². The quantitative estimate of drug-likeness (QED) is 0.0211. The van der Waals surface area contributed by atoms with Crippen molar-refractivity contribution in [3.05, 3.63) is 97.2 Å². The summed E-state index contributed by atoms with van der Waals surface area (Å²) in [6, 6.07) is 0. The van der Waals surface area contributed by atoms with Crippen molar-refractivity contribution in [1.82, 2.24) is 0 Å². The fourth-order valence-corrected chi connectivity index (χ4v) is 13.5. The highest BCUT2D eigenvalue weighted by Crippen LogP contribution is 2.21. The Kier molecular flexibility index (Phi) is 82.7. The summed E-state index contributed by atoms with van der Waals surface area (Å²) in [5.41, 5.74) is 0. The number of likely N-dealkylation sites (N-methyl/N-ethyl adjacent to an activating group) is 1. The van der Waals surface area contributed by atoms with Crippen molar-refractivity contribution in [3.8, 4) is 0 Å². The number of allylic oxidation sites excluding steroid dienone is 16. The van der Waals surface area contributed by atoms with Crippen LogP contribution in [0.1, 0.15) is 438 Å². The Bertz CT molecular complexity index is 2060. The topological polar surface area (TPSA) is 108 Å². The summed E-state index contributed by atoms with van der Waals surface area (Å²) in [5.74, 6) is -1.97. The van der Waals surface area contributed by atoms with Crippen LogP contribution in [0.3, 0.4) is 0 Å². The number of carbonyl (C=O) groups is 3. The van der Waals surface area contributed by atoms with Gasteiger partial charge in [-0.2, -0.15) is 0 Å². The fraction of sp³-hybridized carbons (Fsp3) is 0.802. The summed E-state index contributed by atoms with van der Waals surface area (Å²) in [6.45, 7) is 4.72. The lowest BCUT2D eigenvalue weighted by Crippen LogP contribution is -2.40. The zero-order valence-electron chi connectivity index (χ0n) is 70.1. The number of quaternary nitrogens is 1. The first-order valence-electron chi connectivity index (χ1n) is 45.4. The van der Waals surface area contributed by atoms with Gasteiger partial charge in [-0.3, -0.25) is 9.59 Å². The van der Waals surface area contributed by atoms with Gasteiger partial charge in [-0.25, -0.2) is 4.79 Å². The van der Waals surface area contributed by atoms with E-state index in [2.05, 4.69) is 111 Å². The van der Waals surface area contributed by atoms with Crippen LogP contribution >= 0.6 is 0 Å². The normalized spacial score (nSPS) is 13.0. The SMILES string of the molecule is CC/C=C\C/C=C\C/C=C\C/C=C\CCCCCCCCCCCCCCCCCCCCCCCCCCCCCCC(=O)OC(COC(=O)CCCCCCCCCCCCCCCCCCCCCCCCCCCC/C=C\C/C=C\C/C=C\C/C=C\CC)COC(OCC[N+](C)(C)C)C(=O)O. The van der Waals surface area contributed by atoms with Gasteiger partial charge in [0.2, 0.25) is 0 Å². The summed E-state index contributed by atoms with van der Waals surface area (Å²) in [5, 5.41) is 9.80. The second kappa shape index (κ2) is 85.8. The third kappa shape index (κ3) is 87.3. The number of rotatable bonds is 85. The Morgan fingerprint density at radius 1 is 0.286 bits per heavy atom. The summed E-state index contributed by atoms with van der Waals surface area (Å²) >= 11 is 0. The van der Waals surface area contributed by atoms with E-state index in [9.17, 15) is 19.5 Å². The summed E-state index contributed by atoms with van der Waals surface area (Å²) in [4.78, 5) is 37.8. The molecule has 610 valence electrons. The molecule has 9 heteroatoms. The third-order valence-corrected chi connectivity index (χ3v) is 20.3. The van der Waals surface area contributed by atoms with Crippen LogP contribution in [0.15, 0.2) is 97.2 Å². The predicted molar refractivity (Wildman–Crippen MR) is 456 cm³/mol. The molecule has 0 rings (SSSR count). The monoisotopic (exact) mass is 1470 g/mol. The molecule has 0 bridgehead atoms. The van der Waals surface area contributed by atoms with Crippen LogP contribution in [0.5, 0.6) is 0 Å². The zero-order chi connectivity index (χ0) is 76.0. The lowest BCUT2D eigenvalue weighted by atomic mass is 10.0. The van der Waals surface area contributed by atoms with Crippen LogP contribution in [0.4, 0.5) is 0 Å². The largest absolute Gasteiger partial charge is 0.477 e. The van der Waals surface area contributed by atoms with Gasteiger partial charge in [-0.05, 0) is 89.9 Å². The number of carbonyl (C=O) groups excluding carboxylic acids is 2. The molecule has 2 unspecified atom stereocenters. The molecule has 0 aliphatic rings. The first kappa shape index (κ1) is 101. The van der Waals surface area contributed by atoms with E-state index in [0.29, 0.717) is 17.4 Å². The van der Waals surface area contributed by atoms with Crippen molar-refractivity contribution in [3.63, 3.8) is 0 Å². The number of nitrogens with zero attached hydrogens (tertiary/aromatic N) is 1. The summed E-state index contributed by atoms with van der Waals surface area (Å²) < 4.78 is 23.1. The van der Waals surface area contributed by atoms with Gasteiger partial charge in [0.15, 0.2) is 6.10 Å². The van der Waals surface area contributed by atoms with Crippen LogP contribution < -0.4 is 0 Å². The standard InChI is InChI=1S/C96H173NO8/c1-6-8-10-12-14-16-18-20-22-24-26-28-30-32-34-36-38-40-42-44-46-47-49-51-53-55-57-59-61-63-65-67-69-71-73-75-77-79-81-83-85-87-94(99)105-92(91-104-96(95(100)101)102-89-88-97(3,4)5)90-103-93(98)86-84-82-80-78-76-74-72-70-68-66-64-62-60-58-56-54-52-50-48-45-43-41-39-37-35-33-31-29-27-25-23-21-19-17-15-13-11-9-7-2/h8-11,14-17,20-23,26-29,92,96H,6-7,12-13,18-19,24-25,30-91H2,1-5H3/p+1/b10-8-,11-9-,16-14-,17-15-,22-20-,23-21-,28-26-,29-27-. The lowest BCUT2D eigenvalue weighted by molar-refractivity contribution is -0.870. The van der Waals surface area contributed by atoms with Crippen molar-refractivity contribution in [2.75, 3.05) is 47.5 Å². The van der Waals surface area contributed by atoms with Crippen LogP contribution in [0.25, 0.3) is 0 Å². The smallest absolute Gasteiger partial charge is 0.361 e. The van der Waals surface area contributed by atoms with Gasteiger partial charge in [-0.1, -0.05) is 432 Å². The molecule has 0 saturated carbocycles. The van der Waals surface area contributed by atoms with E-state index in [1.165, 1.54) is 321 Å². The molecule has 0 aliphatic heterocycles. The maximum Gasteiger partial charge on any atom is 0.361 e. The molecule has 1 N–H and O–H groups in total. The Balaban J connectivity index is 3.89. The van der Waals surface area contributed by atoms with Crippen molar-refractivity contribution < 1.29 is 42.9 Å². The molecule has 0 aromatic rings. The number of ether oxygens (including phenoxy) is 4. The minimum absolute atomic E-state index is 0.177. The van der Waals surface area contributed by atoms with Crippen molar-refractivity contribution in [2.45, 2.75) is 450 Å². The molecule has 9 nitrogen and oxygen atoms in total. The first-order chi connectivity index (χ1) is 51.6. The molecule has 0 aromatic heterocycles. The van der Waals surface area contributed by atoms with Crippen molar-refractivity contribution >= 4 is 17.9 Å². The van der Waals surface area contributed by atoms with Crippen molar-refractivity contribution in [2.24, 2.45) is 0 Å². The zero-order valence-corrected chi connectivity index (χ0v) is 70.1. The summed E-state index contributed by atoms with van der Waals surface area (Å²) in [6.07, 6.45) is 118. The fourth-order valence-electron chi connectivity index (χ4n) is 13.5. The lowest BCUT2D eigenvalue weighted by Gasteiger charge is -2.25. The number of carboxylic acids is 1. The third-order valence-electron chi connectivity index (χ3n) is 20.3. The molecule has 0 amide bonds. The Morgan fingerprint density at radius 2 is 0.514 bits per heavy atom. The van der Waals surface area contributed by atoms with Gasteiger partial charge in [0.05, 0.1) is 34.4 Å². The van der Waals surface area contributed by atoms with Gasteiger partial charge in [0.25, 0.3) is 6.29 Å².